The Morgan fingerprint density at radius 3 is 3.00 bits per heavy atom. The number of esters is 1. The maximum atomic E-state index is 11.2. The molecule has 17 heavy (non-hydrogen) atoms. The van der Waals surface area contributed by atoms with Crippen LogP contribution in [0.5, 0.6) is 5.88 Å². The number of rotatable bonds is 7. The van der Waals surface area contributed by atoms with Crippen LogP contribution in [-0.2, 0) is 4.74 Å². The molecule has 0 bridgehead atoms. The highest BCUT2D eigenvalue weighted by molar-refractivity contribution is 5.84. The molecule has 6 nitrogen and oxygen atoms in total. The minimum Gasteiger partial charge on any atom is -0.476 e. The van der Waals surface area contributed by atoms with Gasteiger partial charge in [0.05, 0.1) is 7.11 Å². The van der Waals surface area contributed by atoms with Crippen molar-refractivity contribution in [3.63, 3.8) is 0 Å². The second-order valence-electron chi connectivity index (χ2n) is 3.31. The summed E-state index contributed by atoms with van der Waals surface area (Å²) in [6.45, 7) is 4.30. The largest absolute Gasteiger partial charge is 0.476 e. The number of nitrogens with zero attached hydrogens (tertiary/aromatic N) is 2. The molecule has 0 saturated heterocycles. The van der Waals surface area contributed by atoms with Gasteiger partial charge in [-0.15, -0.1) is 0 Å². The Labute approximate surface area is 100 Å². The summed E-state index contributed by atoms with van der Waals surface area (Å²) in [4.78, 5) is 18.9. The molecule has 0 amide bonds. The van der Waals surface area contributed by atoms with Crippen LogP contribution in [0, 0.1) is 0 Å². The van der Waals surface area contributed by atoms with Crippen molar-refractivity contribution in [2.45, 2.75) is 13.3 Å². The molecule has 1 aromatic heterocycles. The fourth-order valence-electron chi connectivity index (χ4n) is 1.14. The fourth-order valence-corrected chi connectivity index (χ4v) is 1.14. The Morgan fingerprint density at radius 2 is 2.29 bits per heavy atom. The fraction of sp³-hybridized carbons (Fsp3) is 0.545. The summed E-state index contributed by atoms with van der Waals surface area (Å²) in [5, 5.41) is 3.19. The SMILES string of the molecule is CCCNCCOc1ccnc(C(=O)OC)n1. The zero-order valence-electron chi connectivity index (χ0n) is 10.1. The number of hydrogen-bond acceptors (Lipinski definition) is 6. The number of ether oxygens (including phenoxy) is 2. The molecule has 1 heterocycles. The minimum absolute atomic E-state index is 0.00603. The van der Waals surface area contributed by atoms with Crippen LogP contribution in [0.15, 0.2) is 12.3 Å². The van der Waals surface area contributed by atoms with Crippen molar-refractivity contribution in [2.24, 2.45) is 0 Å². The summed E-state index contributed by atoms with van der Waals surface area (Å²) in [7, 11) is 1.29. The molecule has 0 aliphatic rings. The average Bonchev–Trinajstić information content (AvgIpc) is 2.38. The minimum atomic E-state index is -0.570. The zero-order chi connectivity index (χ0) is 12.5. The van der Waals surface area contributed by atoms with Gasteiger partial charge in [0, 0.05) is 18.8 Å². The highest BCUT2D eigenvalue weighted by Crippen LogP contribution is 2.05. The molecule has 1 N–H and O–H groups in total. The lowest BCUT2D eigenvalue weighted by atomic mass is 10.5. The summed E-state index contributed by atoms with van der Waals surface area (Å²) in [6.07, 6.45) is 2.55. The molecule has 0 unspecified atom stereocenters. The van der Waals surface area contributed by atoms with E-state index in [1.54, 1.807) is 6.07 Å². The second kappa shape index (κ2) is 7.56. The normalized spacial score (nSPS) is 10.0. The van der Waals surface area contributed by atoms with Crippen molar-refractivity contribution in [3.05, 3.63) is 18.1 Å². The predicted octanol–water partition coefficient (Wildman–Crippen LogP) is 0.642. The lowest BCUT2D eigenvalue weighted by molar-refractivity contribution is 0.0585. The number of carbonyl (C=O) groups is 1. The van der Waals surface area contributed by atoms with Crippen molar-refractivity contribution < 1.29 is 14.3 Å². The van der Waals surface area contributed by atoms with Gasteiger partial charge in [-0.05, 0) is 13.0 Å². The van der Waals surface area contributed by atoms with Crippen LogP contribution in [0.2, 0.25) is 0 Å². The van der Waals surface area contributed by atoms with Gasteiger partial charge in [-0.2, -0.15) is 4.98 Å². The maximum Gasteiger partial charge on any atom is 0.376 e. The van der Waals surface area contributed by atoms with Crippen LogP contribution < -0.4 is 10.1 Å². The Hall–Kier alpha value is -1.69. The molecule has 94 valence electrons. The third-order valence-electron chi connectivity index (χ3n) is 1.95. The van der Waals surface area contributed by atoms with E-state index in [-0.39, 0.29) is 5.82 Å². The predicted molar refractivity (Wildman–Crippen MR) is 62.0 cm³/mol. The van der Waals surface area contributed by atoms with Crippen molar-refractivity contribution >= 4 is 5.97 Å². The summed E-state index contributed by atoms with van der Waals surface area (Å²) < 4.78 is 9.88. The maximum absolute atomic E-state index is 11.2. The first-order valence-electron chi connectivity index (χ1n) is 5.52. The number of methoxy groups -OCH3 is 1. The first kappa shape index (κ1) is 13.4. The quantitative estimate of drug-likeness (QED) is 0.556. The van der Waals surface area contributed by atoms with Crippen LogP contribution in [0.25, 0.3) is 0 Å². The van der Waals surface area contributed by atoms with E-state index in [1.807, 2.05) is 0 Å². The molecule has 0 aliphatic carbocycles. The molecular formula is C11H17N3O3. The lowest BCUT2D eigenvalue weighted by Gasteiger charge is -2.06. The van der Waals surface area contributed by atoms with E-state index in [0.29, 0.717) is 12.5 Å². The van der Waals surface area contributed by atoms with Gasteiger partial charge in [0.25, 0.3) is 0 Å². The van der Waals surface area contributed by atoms with Crippen molar-refractivity contribution in [3.8, 4) is 5.88 Å². The van der Waals surface area contributed by atoms with E-state index < -0.39 is 5.97 Å². The van der Waals surface area contributed by atoms with Crippen molar-refractivity contribution in [1.29, 1.82) is 0 Å². The van der Waals surface area contributed by atoms with E-state index in [9.17, 15) is 4.79 Å². The molecule has 0 saturated carbocycles. The monoisotopic (exact) mass is 239 g/mol. The summed E-state index contributed by atoms with van der Waals surface area (Å²) >= 11 is 0. The Balaban J connectivity index is 2.40. The van der Waals surface area contributed by atoms with Gasteiger partial charge in [-0.1, -0.05) is 6.92 Å². The lowest BCUT2D eigenvalue weighted by Crippen LogP contribution is -2.22. The van der Waals surface area contributed by atoms with Crippen LogP contribution in [0.3, 0.4) is 0 Å². The van der Waals surface area contributed by atoms with Gasteiger partial charge >= 0.3 is 5.97 Å². The third kappa shape index (κ3) is 4.78. The summed E-state index contributed by atoms with van der Waals surface area (Å²) in [5.74, 6) is -0.190. The van der Waals surface area contributed by atoms with Crippen LogP contribution in [0.1, 0.15) is 24.0 Å². The zero-order valence-corrected chi connectivity index (χ0v) is 10.1. The molecule has 0 radical (unpaired) electrons. The van der Waals surface area contributed by atoms with Gasteiger partial charge in [0.2, 0.25) is 11.7 Å². The standard InChI is InChI=1S/C11H17N3O3/c1-3-5-12-7-8-17-9-4-6-13-10(14-9)11(15)16-2/h4,6,12H,3,5,7-8H2,1-2H3. The first-order valence-corrected chi connectivity index (χ1v) is 5.52. The van der Waals surface area contributed by atoms with E-state index in [4.69, 9.17) is 4.74 Å². The smallest absolute Gasteiger partial charge is 0.376 e. The molecule has 1 aromatic rings. The van der Waals surface area contributed by atoms with Crippen LogP contribution in [-0.4, -0.2) is 42.7 Å². The molecule has 0 atom stereocenters. The number of carbonyl (C=O) groups excluding carboxylic acids is 1. The highest BCUT2D eigenvalue weighted by Gasteiger charge is 2.09. The summed E-state index contributed by atoms with van der Waals surface area (Å²) in [6, 6.07) is 1.60. The van der Waals surface area contributed by atoms with Gasteiger partial charge in [0.1, 0.15) is 6.61 Å². The van der Waals surface area contributed by atoms with E-state index in [1.165, 1.54) is 13.3 Å². The van der Waals surface area contributed by atoms with Gasteiger partial charge in [0.15, 0.2) is 0 Å². The molecule has 0 fully saturated rings. The Kier molecular flexibility index (Phi) is 5.95. The van der Waals surface area contributed by atoms with Gasteiger partial charge in [-0.3, -0.25) is 0 Å². The Bertz CT molecular complexity index is 358. The van der Waals surface area contributed by atoms with E-state index in [2.05, 4.69) is 26.9 Å². The Morgan fingerprint density at radius 1 is 1.47 bits per heavy atom. The molecule has 0 aliphatic heterocycles. The van der Waals surface area contributed by atoms with Crippen molar-refractivity contribution in [2.75, 3.05) is 26.8 Å². The van der Waals surface area contributed by atoms with Gasteiger partial charge < -0.3 is 14.8 Å². The third-order valence-corrected chi connectivity index (χ3v) is 1.95. The molecule has 6 heteroatoms. The molecule has 1 rings (SSSR count). The highest BCUT2D eigenvalue weighted by atomic mass is 16.5. The second-order valence-corrected chi connectivity index (χ2v) is 3.31. The topological polar surface area (TPSA) is 73.3 Å². The molecule has 0 spiro atoms. The van der Waals surface area contributed by atoms with Gasteiger partial charge in [-0.25, -0.2) is 9.78 Å². The van der Waals surface area contributed by atoms with Crippen LogP contribution >= 0.6 is 0 Å². The molecular weight excluding hydrogens is 222 g/mol. The molecule has 0 aromatic carbocycles. The first-order chi connectivity index (χ1) is 8.27. The van der Waals surface area contributed by atoms with Crippen LogP contribution in [0.4, 0.5) is 0 Å². The number of aromatic nitrogens is 2. The van der Waals surface area contributed by atoms with E-state index in [0.717, 1.165) is 19.5 Å². The van der Waals surface area contributed by atoms with Crippen molar-refractivity contribution in [1.82, 2.24) is 15.3 Å². The summed E-state index contributed by atoms with van der Waals surface area (Å²) in [5.41, 5.74) is 0. The van der Waals surface area contributed by atoms with E-state index >= 15 is 0 Å². The number of hydrogen-bond donors (Lipinski definition) is 1. The number of nitrogens with one attached hydrogen (secondary N) is 1. The average molecular weight is 239 g/mol.